The summed E-state index contributed by atoms with van der Waals surface area (Å²) in [6, 6.07) is 8.80. The third kappa shape index (κ3) is 1.42. The smallest absolute Gasteiger partial charge is 0.0851 e. The van der Waals surface area contributed by atoms with Gasteiger partial charge in [-0.15, -0.1) is 0 Å². The van der Waals surface area contributed by atoms with E-state index in [1.165, 1.54) is 22.4 Å². The van der Waals surface area contributed by atoms with E-state index in [0.717, 1.165) is 9.08 Å². The van der Waals surface area contributed by atoms with Gasteiger partial charge in [-0.2, -0.15) is 0 Å². The van der Waals surface area contributed by atoms with Gasteiger partial charge < -0.3 is 4.57 Å². The van der Waals surface area contributed by atoms with Crippen molar-refractivity contribution >= 4 is 31.9 Å². The molecule has 88 valence electrons. The minimum Gasteiger partial charge on any atom is -0.338 e. The van der Waals surface area contributed by atoms with E-state index in [1.54, 1.807) is 0 Å². The summed E-state index contributed by atoms with van der Waals surface area (Å²) in [7, 11) is 2.11. The van der Waals surface area contributed by atoms with Crippen molar-refractivity contribution in [1.29, 1.82) is 0 Å². The van der Waals surface area contributed by atoms with Crippen LogP contribution in [-0.4, -0.2) is 4.57 Å². The molecule has 1 aromatic carbocycles. The molecule has 0 saturated heterocycles. The lowest BCUT2D eigenvalue weighted by atomic mass is 9.83. The van der Waals surface area contributed by atoms with Gasteiger partial charge in [0.25, 0.3) is 0 Å². The quantitative estimate of drug-likeness (QED) is 0.636. The van der Waals surface area contributed by atoms with Crippen molar-refractivity contribution in [2.75, 3.05) is 0 Å². The van der Waals surface area contributed by atoms with Gasteiger partial charge in [-0.25, -0.2) is 0 Å². The number of aromatic nitrogens is 1. The van der Waals surface area contributed by atoms with Crippen LogP contribution in [0.2, 0.25) is 0 Å². The Morgan fingerprint density at radius 3 is 2.47 bits per heavy atom. The van der Waals surface area contributed by atoms with Crippen LogP contribution >= 0.6 is 31.9 Å². The standard InChI is InChI=1S/C14H13Br2N/c1-14(2)10-6-8(15)4-5-9(10)13-11(14)7-12(16)17(13)3/h4-7H,1-3H3. The maximum absolute atomic E-state index is 3.61. The fourth-order valence-corrected chi connectivity index (χ4v) is 3.53. The maximum Gasteiger partial charge on any atom is 0.0851 e. The second-order valence-corrected chi connectivity index (χ2v) is 6.83. The fraction of sp³-hybridized carbons (Fsp3) is 0.286. The van der Waals surface area contributed by atoms with Gasteiger partial charge in [0.2, 0.25) is 0 Å². The van der Waals surface area contributed by atoms with Gasteiger partial charge in [0.15, 0.2) is 0 Å². The van der Waals surface area contributed by atoms with Crippen molar-refractivity contribution in [2.24, 2.45) is 7.05 Å². The van der Waals surface area contributed by atoms with Crippen LogP contribution in [0.25, 0.3) is 11.3 Å². The number of hydrogen-bond acceptors (Lipinski definition) is 0. The predicted octanol–water partition coefficient (Wildman–Crippen LogP) is 4.86. The van der Waals surface area contributed by atoms with Crippen LogP contribution in [0, 0.1) is 0 Å². The Balaban J connectivity index is 2.42. The predicted molar refractivity (Wildman–Crippen MR) is 78.4 cm³/mol. The summed E-state index contributed by atoms with van der Waals surface area (Å²) in [5, 5.41) is 0. The first-order valence-corrected chi connectivity index (χ1v) is 7.17. The molecule has 1 aliphatic carbocycles. The first kappa shape index (κ1) is 11.5. The molecule has 1 nitrogen and oxygen atoms in total. The van der Waals surface area contributed by atoms with Gasteiger partial charge in [-0.1, -0.05) is 35.8 Å². The molecule has 0 fully saturated rings. The molecular weight excluding hydrogens is 342 g/mol. The highest BCUT2D eigenvalue weighted by Gasteiger charge is 2.38. The van der Waals surface area contributed by atoms with Crippen LogP contribution in [0.3, 0.4) is 0 Å². The molecule has 17 heavy (non-hydrogen) atoms. The number of hydrogen-bond donors (Lipinski definition) is 0. The number of fused-ring (bicyclic) bond motifs is 3. The summed E-state index contributed by atoms with van der Waals surface area (Å²) < 4.78 is 4.51. The molecule has 0 N–H and O–H groups in total. The van der Waals surface area contributed by atoms with Crippen molar-refractivity contribution in [3.8, 4) is 11.3 Å². The minimum atomic E-state index is 0.0816. The second-order valence-electron chi connectivity index (χ2n) is 5.10. The first-order chi connectivity index (χ1) is 7.93. The van der Waals surface area contributed by atoms with Gasteiger partial charge in [0.05, 0.1) is 10.3 Å². The monoisotopic (exact) mass is 353 g/mol. The van der Waals surface area contributed by atoms with Gasteiger partial charge in [0, 0.05) is 22.5 Å². The molecule has 0 unspecified atom stereocenters. The summed E-state index contributed by atoms with van der Waals surface area (Å²) in [4.78, 5) is 0. The first-order valence-electron chi connectivity index (χ1n) is 5.59. The van der Waals surface area contributed by atoms with Gasteiger partial charge in [-0.05, 0) is 45.3 Å². The fourth-order valence-electron chi connectivity index (χ4n) is 2.76. The molecular formula is C14H13Br2N. The zero-order chi connectivity index (χ0) is 12.4. The average Bonchev–Trinajstić information content (AvgIpc) is 2.66. The normalized spacial score (nSPS) is 15.8. The summed E-state index contributed by atoms with van der Waals surface area (Å²) >= 11 is 7.18. The highest BCUT2D eigenvalue weighted by molar-refractivity contribution is 9.10. The third-order valence-corrected chi connectivity index (χ3v) is 5.01. The van der Waals surface area contributed by atoms with Crippen molar-refractivity contribution in [2.45, 2.75) is 19.3 Å². The van der Waals surface area contributed by atoms with Crippen LogP contribution in [0.15, 0.2) is 33.3 Å². The Bertz CT molecular complexity index is 623. The van der Waals surface area contributed by atoms with E-state index in [0.29, 0.717) is 0 Å². The number of halogens is 2. The van der Waals surface area contributed by atoms with Crippen molar-refractivity contribution in [1.82, 2.24) is 4.57 Å². The minimum absolute atomic E-state index is 0.0816. The Hall–Kier alpha value is -0.540. The van der Waals surface area contributed by atoms with Crippen molar-refractivity contribution < 1.29 is 0 Å². The number of nitrogens with zero attached hydrogens (tertiary/aromatic N) is 1. The van der Waals surface area contributed by atoms with E-state index in [1.807, 2.05) is 0 Å². The summed E-state index contributed by atoms with van der Waals surface area (Å²) in [5.74, 6) is 0. The van der Waals surface area contributed by atoms with E-state index in [9.17, 15) is 0 Å². The van der Waals surface area contributed by atoms with E-state index >= 15 is 0 Å². The van der Waals surface area contributed by atoms with Gasteiger partial charge in [0.1, 0.15) is 0 Å². The summed E-state index contributed by atoms with van der Waals surface area (Å²) in [6.45, 7) is 4.58. The van der Waals surface area contributed by atoms with Crippen molar-refractivity contribution in [3.05, 3.63) is 44.5 Å². The van der Waals surface area contributed by atoms with E-state index in [2.05, 4.69) is 81.6 Å². The lowest BCUT2D eigenvalue weighted by Gasteiger charge is -2.20. The third-order valence-electron chi connectivity index (χ3n) is 3.76. The van der Waals surface area contributed by atoms with E-state index < -0.39 is 0 Å². The highest BCUT2D eigenvalue weighted by Crippen LogP contribution is 2.50. The molecule has 0 amide bonds. The molecule has 1 aromatic heterocycles. The molecule has 0 bridgehead atoms. The van der Waals surface area contributed by atoms with Crippen LogP contribution in [0.1, 0.15) is 25.0 Å². The van der Waals surface area contributed by atoms with E-state index in [-0.39, 0.29) is 5.41 Å². The number of benzene rings is 1. The lowest BCUT2D eigenvalue weighted by Crippen LogP contribution is -2.14. The molecule has 1 heterocycles. The van der Waals surface area contributed by atoms with Crippen LogP contribution in [0.4, 0.5) is 0 Å². The van der Waals surface area contributed by atoms with Gasteiger partial charge >= 0.3 is 0 Å². The topological polar surface area (TPSA) is 4.93 Å². The molecule has 0 saturated carbocycles. The average molecular weight is 355 g/mol. The second kappa shape index (κ2) is 3.48. The lowest BCUT2D eigenvalue weighted by molar-refractivity contribution is 0.660. The van der Waals surface area contributed by atoms with Gasteiger partial charge in [-0.3, -0.25) is 0 Å². The van der Waals surface area contributed by atoms with Crippen LogP contribution < -0.4 is 0 Å². The van der Waals surface area contributed by atoms with Crippen LogP contribution in [0.5, 0.6) is 0 Å². The van der Waals surface area contributed by atoms with Crippen molar-refractivity contribution in [3.63, 3.8) is 0 Å². The molecule has 1 aliphatic rings. The largest absolute Gasteiger partial charge is 0.338 e. The molecule has 2 aromatic rings. The Morgan fingerprint density at radius 2 is 1.76 bits per heavy atom. The Kier molecular flexibility index (Phi) is 2.37. The molecule has 3 rings (SSSR count). The summed E-state index contributed by atoms with van der Waals surface area (Å²) in [6.07, 6.45) is 0. The molecule has 0 atom stereocenters. The zero-order valence-electron chi connectivity index (χ0n) is 10.0. The Morgan fingerprint density at radius 1 is 1.06 bits per heavy atom. The summed E-state index contributed by atoms with van der Waals surface area (Å²) in [5.41, 5.74) is 5.57. The van der Waals surface area contributed by atoms with E-state index in [4.69, 9.17) is 0 Å². The SMILES string of the molecule is Cn1c(Br)cc2c1-c1ccc(Br)cc1C2(C)C. The molecule has 3 heteroatoms. The Labute approximate surface area is 118 Å². The molecule has 0 spiro atoms. The highest BCUT2D eigenvalue weighted by atomic mass is 79.9. The molecule has 0 aliphatic heterocycles. The zero-order valence-corrected chi connectivity index (χ0v) is 13.2. The molecule has 0 radical (unpaired) electrons. The number of rotatable bonds is 0. The maximum atomic E-state index is 3.61. The van der Waals surface area contributed by atoms with Crippen LogP contribution in [-0.2, 0) is 12.5 Å².